The molecule has 1 unspecified atom stereocenters. The maximum atomic E-state index is 3.63. The Labute approximate surface area is 114 Å². The lowest BCUT2D eigenvalue weighted by atomic mass is 10.0. The number of nitrogens with zero attached hydrogens (tertiary/aromatic N) is 2. The fraction of sp³-hybridized carbons (Fsp3) is 1.00. The maximum absolute atomic E-state index is 3.63. The molecule has 1 atom stereocenters. The van der Waals surface area contributed by atoms with Gasteiger partial charge in [0, 0.05) is 6.04 Å². The molecule has 1 saturated heterocycles. The van der Waals surface area contributed by atoms with Gasteiger partial charge in [-0.05, 0) is 72.0 Å². The van der Waals surface area contributed by atoms with E-state index in [0.717, 1.165) is 6.04 Å². The maximum Gasteiger partial charge on any atom is 0.00792 e. The molecule has 0 spiro atoms. The Balaban J connectivity index is 2.00. The molecule has 3 heteroatoms. The first-order valence-corrected chi connectivity index (χ1v) is 7.90. The van der Waals surface area contributed by atoms with Crippen LogP contribution in [0.1, 0.15) is 46.0 Å². The number of nitrogens with one attached hydrogen (secondary N) is 1. The number of hydrogen-bond acceptors (Lipinski definition) is 3. The van der Waals surface area contributed by atoms with Gasteiger partial charge in [0.25, 0.3) is 0 Å². The molecule has 0 amide bonds. The van der Waals surface area contributed by atoms with Crippen molar-refractivity contribution in [2.75, 3.05) is 46.3 Å². The van der Waals surface area contributed by atoms with Crippen LogP contribution in [0.3, 0.4) is 0 Å². The van der Waals surface area contributed by atoms with Gasteiger partial charge in [0.1, 0.15) is 0 Å². The summed E-state index contributed by atoms with van der Waals surface area (Å²) in [6, 6.07) is 0.781. The predicted octanol–water partition coefficient (Wildman–Crippen LogP) is 2.18. The molecule has 0 saturated carbocycles. The second-order valence-corrected chi connectivity index (χ2v) is 5.62. The molecule has 18 heavy (non-hydrogen) atoms. The van der Waals surface area contributed by atoms with Crippen molar-refractivity contribution in [2.45, 2.75) is 52.0 Å². The summed E-state index contributed by atoms with van der Waals surface area (Å²) in [6.07, 6.45) is 6.80. The molecule has 0 aliphatic carbocycles. The molecule has 0 radical (unpaired) electrons. The lowest BCUT2D eigenvalue weighted by Crippen LogP contribution is -2.37. The Kier molecular flexibility index (Phi) is 8.64. The molecule has 1 heterocycles. The van der Waals surface area contributed by atoms with Crippen LogP contribution >= 0.6 is 0 Å². The van der Waals surface area contributed by atoms with Crippen molar-refractivity contribution >= 4 is 0 Å². The van der Waals surface area contributed by atoms with E-state index in [1.807, 2.05) is 0 Å². The van der Waals surface area contributed by atoms with E-state index in [4.69, 9.17) is 0 Å². The van der Waals surface area contributed by atoms with E-state index in [0.29, 0.717) is 0 Å². The molecule has 1 aliphatic rings. The molecule has 0 aromatic heterocycles. The molecule has 0 bridgehead atoms. The highest BCUT2D eigenvalue weighted by Gasteiger charge is 2.12. The van der Waals surface area contributed by atoms with Crippen LogP contribution in [-0.4, -0.2) is 62.2 Å². The Morgan fingerprint density at radius 3 is 2.44 bits per heavy atom. The van der Waals surface area contributed by atoms with Gasteiger partial charge in [0.2, 0.25) is 0 Å². The van der Waals surface area contributed by atoms with Crippen molar-refractivity contribution in [1.82, 2.24) is 15.1 Å². The third-order valence-corrected chi connectivity index (χ3v) is 4.18. The Morgan fingerprint density at radius 2 is 1.83 bits per heavy atom. The zero-order valence-electron chi connectivity index (χ0n) is 12.7. The van der Waals surface area contributed by atoms with E-state index in [1.54, 1.807) is 0 Å². The summed E-state index contributed by atoms with van der Waals surface area (Å²) in [4.78, 5) is 5.01. The van der Waals surface area contributed by atoms with Crippen molar-refractivity contribution in [3.8, 4) is 0 Å². The van der Waals surface area contributed by atoms with Gasteiger partial charge in [-0.3, -0.25) is 0 Å². The first-order chi connectivity index (χ1) is 8.76. The van der Waals surface area contributed by atoms with Crippen LogP contribution in [0, 0.1) is 0 Å². The molecule has 108 valence electrons. The third kappa shape index (κ3) is 6.72. The molecule has 1 aliphatic heterocycles. The summed E-state index contributed by atoms with van der Waals surface area (Å²) >= 11 is 0. The number of rotatable bonds is 9. The summed E-state index contributed by atoms with van der Waals surface area (Å²) in [7, 11) is 2.27. The van der Waals surface area contributed by atoms with Crippen molar-refractivity contribution in [3.63, 3.8) is 0 Å². The quantitative estimate of drug-likeness (QED) is 0.681. The van der Waals surface area contributed by atoms with Crippen LogP contribution in [0.5, 0.6) is 0 Å². The van der Waals surface area contributed by atoms with Gasteiger partial charge in [-0.25, -0.2) is 0 Å². The summed E-state index contributed by atoms with van der Waals surface area (Å²) in [5.74, 6) is 0. The van der Waals surface area contributed by atoms with Gasteiger partial charge in [0.05, 0.1) is 0 Å². The van der Waals surface area contributed by atoms with Crippen molar-refractivity contribution in [2.24, 2.45) is 0 Å². The molecular weight excluding hydrogens is 222 g/mol. The highest BCUT2D eigenvalue weighted by molar-refractivity contribution is 4.73. The molecule has 1 rings (SSSR count). The van der Waals surface area contributed by atoms with E-state index >= 15 is 0 Å². The first-order valence-electron chi connectivity index (χ1n) is 7.90. The van der Waals surface area contributed by atoms with Gasteiger partial charge in [-0.15, -0.1) is 0 Å². The monoisotopic (exact) mass is 255 g/mol. The van der Waals surface area contributed by atoms with Gasteiger partial charge in [0.15, 0.2) is 0 Å². The Bertz CT molecular complexity index is 186. The lowest BCUT2D eigenvalue weighted by Gasteiger charge is -2.26. The van der Waals surface area contributed by atoms with Gasteiger partial charge >= 0.3 is 0 Å². The van der Waals surface area contributed by atoms with Gasteiger partial charge in [-0.2, -0.15) is 0 Å². The standard InChI is InChI=1S/C15H33N3/c1-4-18(5-2)13-8-12-17(3)14-10-15-9-6-7-11-16-15/h15-16H,4-14H2,1-3H3. The smallest absolute Gasteiger partial charge is 0.00792 e. The minimum Gasteiger partial charge on any atom is -0.314 e. The van der Waals surface area contributed by atoms with Crippen molar-refractivity contribution < 1.29 is 0 Å². The average Bonchev–Trinajstić information content (AvgIpc) is 2.42. The van der Waals surface area contributed by atoms with Crippen LogP contribution in [0.25, 0.3) is 0 Å². The molecular formula is C15H33N3. The van der Waals surface area contributed by atoms with Gasteiger partial charge in [-0.1, -0.05) is 20.3 Å². The summed E-state index contributed by atoms with van der Waals surface area (Å²) in [6.45, 7) is 11.8. The fourth-order valence-corrected chi connectivity index (χ4v) is 2.76. The van der Waals surface area contributed by atoms with E-state index in [2.05, 4.69) is 36.0 Å². The van der Waals surface area contributed by atoms with Gasteiger partial charge < -0.3 is 15.1 Å². The normalized spacial score (nSPS) is 20.8. The predicted molar refractivity (Wildman–Crippen MR) is 80.2 cm³/mol. The topological polar surface area (TPSA) is 18.5 Å². The highest BCUT2D eigenvalue weighted by atomic mass is 15.1. The zero-order chi connectivity index (χ0) is 13.2. The number of piperidine rings is 1. The average molecular weight is 255 g/mol. The van der Waals surface area contributed by atoms with E-state index in [9.17, 15) is 0 Å². The molecule has 0 aromatic carbocycles. The second kappa shape index (κ2) is 9.76. The fourth-order valence-electron chi connectivity index (χ4n) is 2.76. The summed E-state index contributed by atoms with van der Waals surface area (Å²) in [5.41, 5.74) is 0. The Morgan fingerprint density at radius 1 is 1.06 bits per heavy atom. The minimum absolute atomic E-state index is 0.781. The van der Waals surface area contributed by atoms with Crippen molar-refractivity contribution in [1.29, 1.82) is 0 Å². The summed E-state index contributed by atoms with van der Waals surface area (Å²) < 4.78 is 0. The van der Waals surface area contributed by atoms with E-state index in [1.165, 1.54) is 71.4 Å². The highest BCUT2D eigenvalue weighted by Crippen LogP contribution is 2.10. The summed E-state index contributed by atoms with van der Waals surface area (Å²) in [5, 5.41) is 3.63. The largest absolute Gasteiger partial charge is 0.314 e. The second-order valence-electron chi connectivity index (χ2n) is 5.62. The lowest BCUT2D eigenvalue weighted by molar-refractivity contribution is 0.250. The van der Waals surface area contributed by atoms with Crippen LogP contribution in [0.4, 0.5) is 0 Å². The van der Waals surface area contributed by atoms with Crippen LogP contribution in [0.15, 0.2) is 0 Å². The molecule has 3 nitrogen and oxygen atoms in total. The molecule has 1 N–H and O–H groups in total. The SMILES string of the molecule is CCN(CC)CCCN(C)CCC1CCCCN1. The first kappa shape index (κ1) is 15.9. The zero-order valence-corrected chi connectivity index (χ0v) is 12.7. The van der Waals surface area contributed by atoms with E-state index in [-0.39, 0.29) is 0 Å². The third-order valence-electron chi connectivity index (χ3n) is 4.18. The van der Waals surface area contributed by atoms with Crippen LogP contribution in [0.2, 0.25) is 0 Å². The van der Waals surface area contributed by atoms with Crippen LogP contribution < -0.4 is 5.32 Å². The molecule has 0 aromatic rings. The van der Waals surface area contributed by atoms with E-state index < -0.39 is 0 Å². The number of hydrogen-bond donors (Lipinski definition) is 1. The van der Waals surface area contributed by atoms with Crippen molar-refractivity contribution in [3.05, 3.63) is 0 Å². The minimum atomic E-state index is 0.781. The Hall–Kier alpha value is -0.120. The molecule has 1 fully saturated rings. The van der Waals surface area contributed by atoms with Crippen LogP contribution in [-0.2, 0) is 0 Å².